The van der Waals surface area contributed by atoms with Gasteiger partial charge in [-0.15, -0.1) is 5.12 Å². The molecule has 96 valence electrons. The third-order valence-electron chi connectivity index (χ3n) is 2.24. The van der Waals surface area contributed by atoms with Gasteiger partial charge in [0, 0.05) is 5.39 Å². The molecule has 1 aromatic carbocycles. The van der Waals surface area contributed by atoms with Gasteiger partial charge in [-0.1, -0.05) is 18.2 Å². The summed E-state index contributed by atoms with van der Waals surface area (Å²) in [5.41, 5.74) is 0.142. The van der Waals surface area contributed by atoms with Crippen LogP contribution in [-0.2, 0) is 4.74 Å². The quantitative estimate of drug-likeness (QED) is 0.474. The fourth-order valence-electron chi connectivity index (χ4n) is 1.52. The first-order valence-corrected chi connectivity index (χ1v) is 5.59. The normalized spacial score (nSPS) is 11.6. The lowest BCUT2D eigenvalue weighted by Gasteiger charge is -2.24. The lowest BCUT2D eigenvalue weighted by Crippen LogP contribution is -2.49. The number of fused-ring (bicyclic) bond motifs is 1. The van der Waals surface area contributed by atoms with E-state index in [0.29, 0.717) is 0 Å². The van der Waals surface area contributed by atoms with Gasteiger partial charge in [0.15, 0.2) is 0 Å². The van der Waals surface area contributed by atoms with Crippen molar-refractivity contribution in [3.05, 3.63) is 30.5 Å². The van der Waals surface area contributed by atoms with Crippen molar-refractivity contribution in [3.8, 4) is 0 Å². The SMILES string of the molecule is CC(C)(C)OC(=O)N(N)n1ncc2ccccc21. The number of amides is 1. The van der Waals surface area contributed by atoms with Crippen LogP contribution in [0.3, 0.4) is 0 Å². The third kappa shape index (κ3) is 2.43. The summed E-state index contributed by atoms with van der Waals surface area (Å²) >= 11 is 0. The van der Waals surface area contributed by atoms with Crippen LogP contribution in [0.4, 0.5) is 4.79 Å². The Morgan fingerprint density at radius 1 is 1.39 bits per heavy atom. The van der Waals surface area contributed by atoms with Gasteiger partial charge < -0.3 is 4.74 Å². The van der Waals surface area contributed by atoms with E-state index >= 15 is 0 Å². The molecule has 2 N–H and O–H groups in total. The molecule has 6 heteroatoms. The molecule has 0 unspecified atom stereocenters. The fourth-order valence-corrected chi connectivity index (χ4v) is 1.52. The summed E-state index contributed by atoms with van der Waals surface area (Å²) in [7, 11) is 0. The van der Waals surface area contributed by atoms with Gasteiger partial charge in [-0.25, -0.2) is 10.6 Å². The molecule has 1 heterocycles. The van der Waals surface area contributed by atoms with Gasteiger partial charge in [-0.2, -0.15) is 9.89 Å². The molecule has 0 spiro atoms. The molecule has 18 heavy (non-hydrogen) atoms. The minimum absolute atomic E-state index is 0.600. The van der Waals surface area contributed by atoms with Crippen LogP contribution in [-0.4, -0.2) is 21.6 Å². The van der Waals surface area contributed by atoms with Gasteiger partial charge in [0.2, 0.25) is 0 Å². The van der Waals surface area contributed by atoms with Crippen LogP contribution in [0.2, 0.25) is 0 Å². The Balaban J connectivity index is 2.28. The zero-order chi connectivity index (χ0) is 13.3. The minimum atomic E-state index is -0.656. The van der Waals surface area contributed by atoms with E-state index in [4.69, 9.17) is 10.6 Å². The molecular formula is C12H16N4O2. The molecule has 0 saturated heterocycles. The molecular weight excluding hydrogens is 232 g/mol. The van der Waals surface area contributed by atoms with Crippen molar-refractivity contribution in [2.45, 2.75) is 26.4 Å². The van der Waals surface area contributed by atoms with Crippen LogP contribution in [0.25, 0.3) is 10.9 Å². The Morgan fingerprint density at radius 2 is 2.06 bits per heavy atom. The summed E-state index contributed by atoms with van der Waals surface area (Å²) < 4.78 is 5.17. The largest absolute Gasteiger partial charge is 0.446 e. The van der Waals surface area contributed by atoms with Gasteiger partial charge in [0.1, 0.15) is 5.60 Å². The summed E-state index contributed by atoms with van der Waals surface area (Å²) in [6.45, 7) is 5.33. The lowest BCUT2D eigenvalue weighted by atomic mass is 10.2. The summed E-state index contributed by atoms with van der Waals surface area (Å²) in [4.78, 5) is 13.1. The maximum absolute atomic E-state index is 11.8. The maximum atomic E-state index is 11.8. The highest BCUT2D eigenvalue weighted by Gasteiger charge is 2.22. The number of hydrogen-bond acceptors (Lipinski definition) is 4. The van der Waals surface area contributed by atoms with Crippen molar-refractivity contribution < 1.29 is 9.53 Å². The predicted molar refractivity (Wildman–Crippen MR) is 68.4 cm³/mol. The van der Waals surface area contributed by atoms with E-state index in [1.54, 1.807) is 27.0 Å². The van der Waals surface area contributed by atoms with E-state index < -0.39 is 11.7 Å². The van der Waals surface area contributed by atoms with Gasteiger partial charge in [-0.3, -0.25) is 0 Å². The van der Waals surface area contributed by atoms with Crippen LogP contribution in [0.15, 0.2) is 30.5 Å². The van der Waals surface area contributed by atoms with Crippen LogP contribution in [0, 0.1) is 0 Å². The highest BCUT2D eigenvalue weighted by molar-refractivity contribution is 5.83. The Bertz CT molecular complexity index is 571. The van der Waals surface area contributed by atoms with Crippen LogP contribution >= 0.6 is 0 Å². The van der Waals surface area contributed by atoms with Gasteiger partial charge in [-0.05, 0) is 26.8 Å². The molecule has 0 aliphatic carbocycles. The highest BCUT2D eigenvalue weighted by Crippen LogP contribution is 2.13. The molecule has 2 aromatic rings. The van der Waals surface area contributed by atoms with Crippen LogP contribution < -0.4 is 11.0 Å². The van der Waals surface area contributed by atoms with Crippen LogP contribution in [0.5, 0.6) is 0 Å². The Hall–Kier alpha value is -2.08. The molecule has 0 aliphatic heterocycles. The van der Waals surface area contributed by atoms with Gasteiger partial charge in [0.05, 0.1) is 11.7 Å². The smallest absolute Gasteiger partial charge is 0.441 e. The number of hydrazine groups is 1. The average molecular weight is 248 g/mol. The molecule has 2 rings (SSSR count). The van der Waals surface area contributed by atoms with E-state index in [1.807, 2.05) is 24.3 Å². The number of aromatic nitrogens is 2. The second-order valence-electron chi connectivity index (χ2n) is 4.92. The van der Waals surface area contributed by atoms with E-state index in [9.17, 15) is 4.79 Å². The first-order chi connectivity index (χ1) is 8.38. The van der Waals surface area contributed by atoms with Crippen LogP contribution in [0.1, 0.15) is 20.8 Å². The Labute approximate surface area is 105 Å². The van der Waals surface area contributed by atoms with Crippen molar-refractivity contribution >= 4 is 17.0 Å². The van der Waals surface area contributed by atoms with Crippen molar-refractivity contribution in [3.63, 3.8) is 0 Å². The van der Waals surface area contributed by atoms with Gasteiger partial charge >= 0.3 is 6.09 Å². The number of ether oxygens (including phenoxy) is 1. The second kappa shape index (κ2) is 4.30. The van der Waals surface area contributed by atoms with Crippen molar-refractivity contribution in [2.24, 2.45) is 5.84 Å². The number of nitrogens with two attached hydrogens (primary N) is 1. The van der Waals surface area contributed by atoms with Crippen molar-refractivity contribution in [2.75, 3.05) is 5.12 Å². The van der Waals surface area contributed by atoms with Gasteiger partial charge in [0.25, 0.3) is 0 Å². The number of rotatable bonds is 1. The monoisotopic (exact) mass is 248 g/mol. The molecule has 0 saturated carbocycles. The van der Waals surface area contributed by atoms with E-state index in [2.05, 4.69) is 5.10 Å². The van der Waals surface area contributed by atoms with Crippen molar-refractivity contribution in [1.82, 2.24) is 9.89 Å². The zero-order valence-electron chi connectivity index (χ0n) is 10.6. The Morgan fingerprint density at radius 3 is 2.72 bits per heavy atom. The summed E-state index contributed by atoms with van der Waals surface area (Å²) in [5.74, 6) is 5.72. The molecule has 0 fully saturated rings. The predicted octanol–water partition coefficient (Wildman–Crippen LogP) is 1.78. The Kier molecular flexibility index (Phi) is 2.96. The number of nitrogens with zero attached hydrogens (tertiary/aromatic N) is 3. The highest BCUT2D eigenvalue weighted by atomic mass is 16.6. The van der Waals surface area contributed by atoms with Crippen molar-refractivity contribution in [1.29, 1.82) is 0 Å². The average Bonchev–Trinajstić information content (AvgIpc) is 2.69. The molecule has 0 radical (unpaired) electrons. The summed E-state index contributed by atoms with van der Waals surface area (Å²) in [6, 6.07) is 7.46. The molecule has 0 aliphatic rings. The minimum Gasteiger partial charge on any atom is -0.441 e. The maximum Gasteiger partial charge on any atom is 0.446 e. The summed E-state index contributed by atoms with van der Waals surface area (Å²) in [5, 5.41) is 5.82. The molecule has 1 aromatic heterocycles. The zero-order valence-corrected chi connectivity index (χ0v) is 10.6. The number of para-hydroxylation sites is 1. The fraction of sp³-hybridized carbons (Fsp3) is 0.333. The number of benzene rings is 1. The molecule has 0 atom stereocenters. The standard InChI is InChI=1S/C12H16N4O2/c1-12(2,3)18-11(17)15(13)16-10-7-5-4-6-9(10)8-14-16/h4-8H,13H2,1-3H3. The second-order valence-corrected chi connectivity index (χ2v) is 4.92. The topological polar surface area (TPSA) is 73.4 Å². The van der Waals surface area contributed by atoms with E-state index in [0.717, 1.165) is 16.0 Å². The first-order valence-electron chi connectivity index (χ1n) is 5.59. The molecule has 0 bridgehead atoms. The number of carbonyl (C=O) groups is 1. The number of hydrogen-bond donors (Lipinski definition) is 1. The van der Waals surface area contributed by atoms with E-state index in [1.165, 1.54) is 4.79 Å². The third-order valence-corrected chi connectivity index (χ3v) is 2.24. The summed E-state index contributed by atoms with van der Waals surface area (Å²) in [6.07, 6.45) is 0.982. The van der Waals surface area contributed by atoms with E-state index in [-0.39, 0.29) is 0 Å². The number of carbonyl (C=O) groups excluding carboxylic acids is 1. The first kappa shape index (κ1) is 12.4. The molecule has 1 amide bonds. The molecule has 6 nitrogen and oxygen atoms in total. The lowest BCUT2D eigenvalue weighted by molar-refractivity contribution is 0.0533.